The number of carboxylic acids is 1. The fraction of sp³-hybridized carbons (Fsp3) is 0.614. The van der Waals surface area contributed by atoms with Gasteiger partial charge in [-0.15, -0.1) is 0 Å². The molecule has 5 fully saturated rings. The van der Waals surface area contributed by atoms with Gasteiger partial charge >= 0.3 is 18.2 Å². The van der Waals surface area contributed by atoms with Crippen molar-refractivity contribution < 1.29 is 155 Å². The number of ketones is 1. The molecule has 9 rings (SSSR count). The summed E-state index contributed by atoms with van der Waals surface area (Å²) in [4.78, 5) is 168. The van der Waals surface area contributed by atoms with E-state index in [4.69, 9.17) is 72.2 Å². The van der Waals surface area contributed by atoms with Crippen molar-refractivity contribution in [2.45, 2.75) is 259 Å². The second-order valence-corrected chi connectivity index (χ2v) is 38.9. The zero-order chi connectivity index (χ0) is 98.5. The molecule has 22 atom stereocenters. The number of hydrogen-bond acceptors (Lipinski definition) is 35. The highest BCUT2D eigenvalue weighted by atomic mass is 127. The van der Waals surface area contributed by atoms with Gasteiger partial charge in [-0.3, -0.25) is 58.1 Å². The van der Waals surface area contributed by atoms with Crippen LogP contribution in [0.1, 0.15) is 129 Å². The summed E-state index contributed by atoms with van der Waals surface area (Å²) in [6, 6.07) is -0.491. The zero-order valence-electron chi connectivity index (χ0n) is 76.7. The van der Waals surface area contributed by atoms with Gasteiger partial charge in [0.2, 0.25) is 58.5 Å². The molecule has 134 heavy (non-hydrogen) atoms. The maximum Gasteiger partial charge on any atom is 0.411 e. The van der Waals surface area contributed by atoms with Crippen LogP contribution in [-0.4, -0.2) is 329 Å². The SMILES string of the molecule is CCN(C(=O)CNC(=O)OCc1ccc(NC(=O)[C@H](CC(N)=O)NC(=O)[C@H](C)NC(=O)[C@H](C)NC(=O)CCC(=O)N2CCC(C(=O)O)CC2)cc1)C1COCC(OC2C(O[C@H]3C#C/C=C\C#C[C@]4(O)CC(=O)C(NC(=O)OC)=C3/C4=C\CSSC(C)(C)C)OC(C)C(NOC3CC(O)C(SC(=O)c4c(C)c(I)c(OC5OC(C)C(O)C(OC)C5O)c(OC)c4OC)C(C)O3)C2O)C1OC. The Labute approximate surface area is 800 Å². The Morgan fingerprint density at radius 1 is 0.776 bits per heavy atom. The van der Waals surface area contributed by atoms with Gasteiger partial charge in [0, 0.05) is 80.4 Å². The number of allylic oxidation sites excluding steroid dienone is 3. The largest absolute Gasteiger partial charge is 0.492 e. The molecule has 2 aromatic rings. The van der Waals surface area contributed by atoms with Crippen LogP contribution >= 0.6 is 55.9 Å². The van der Waals surface area contributed by atoms with Crippen molar-refractivity contribution >= 4 is 132 Å². The molecule has 5 heterocycles. The lowest BCUT2D eigenvalue weighted by atomic mass is 9.75. The number of likely N-dealkylation sites (tertiary alicyclic amines) is 1. The standard InChI is InChI=1S/C88H119IN10O32S3/c1-16-99(61(105)38-91-85(115)124-39-48-22-24-50(25-23-48)94-80(111)52(35-58(90)102)95-79(110)44(4)93-78(109)43(3)92-59(103)26-27-60(104)98-32-28-49(29-33-98)81(112)113)53-40-123-41-57(71(53)118-11)128-75-69(107)66(45(5)126-84(75)129-56-21-19-17-18-20-31-88(117)37-55(101)67(96-86(116)122-15)64(56)51(88)30-34-132-134-87(8,9)10)97-131-62-36-54(100)77(47(7)125-62)133-82(114)63-42(2)65(89)73(76(121-14)72(63)119-12)130-83-70(108)74(120-13)68(106)46(6)127-83/h17-18,22-25,30,43-47,49,52-54,56-57,62,66,68-71,74-75,77,83-84,97,100,106-108,117H,16,26-29,32-41H2,1-15H3,(H2,90,102)(H,91,115)(H,92,103)(H,93,109)(H,94,111)(H,95,110)(H,96,116)(H,112,113)/b18-17-,51-30+/t43-,44-,45?,46?,47?,52-,53?,54?,56-,57?,62?,66?,68?,69?,70?,71?,74?,75?,77?,83?,84?,88-/m0/s1. The lowest BCUT2D eigenvalue weighted by Crippen LogP contribution is -2.66. The van der Waals surface area contributed by atoms with E-state index < -0.39 is 223 Å². The number of fused-ring (bicyclic) bond motifs is 2. The van der Waals surface area contributed by atoms with Crippen LogP contribution in [0.25, 0.3) is 0 Å². The lowest BCUT2D eigenvalue weighted by molar-refractivity contribution is -0.323. The van der Waals surface area contributed by atoms with Gasteiger partial charge < -0.3 is 134 Å². The van der Waals surface area contributed by atoms with Gasteiger partial charge in [-0.2, -0.15) is 5.48 Å². The number of Topliss-reactive ketones (excluding diaryl/α,β-unsaturated/α-hetero) is 1. The van der Waals surface area contributed by atoms with Crippen molar-refractivity contribution in [2.75, 3.05) is 86.0 Å². The van der Waals surface area contributed by atoms with Crippen molar-refractivity contribution in [3.05, 3.63) is 79.6 Å². The van der Waals surface area contributed by atoms with Crippen LogP contribution in [-0.2, 0) is 102 Å². The summed E-state index contributed by atoms with van der Waals surface area (Å²) < 4.78 is 79.0. The molecule has 2 bridgehead atoms. The third kappa shape index (κ3) is 28.4. The first-order valence-electron chi connectivity index (χ1n) is 43.2. The van der Waals surface area contributed by atoms with E-state index in [2.05, 4.69) is 61.1 Å². The molecule has 5 saturated heterocycles. The van der Waals surface area contributed by atoms with Crippen LogP contribution in [0.2, 0.25) is 0 Å². The van der Waals surface area contributed by atoms with E-state index in [1.54, 1.807) is 40.7 Å². The van der Waals surface area contributed by atoms with Crippen LogP contribution in [0.15, 0.2) is 59.3 Å². The maximum absolute atomic E-state index is 14.7. The summed E-state index contributed by atoms with van der Waals surface area (Å²) in [5.41, 5.74) is 6.67. The molecule has 15 N–H and O–H groups in total. The summed E-state index contributed by atoms with van der Waals surface area (Å²) in [5.74, 6) is 4.24. The van der Waals surface area contributed by atoms with Crippen molar-refractivity contribution in [1.82, 2.24) is 41.9 Å². The number of thioether (sulfide) groups is 1. The van der Waals surface area contributed by atoms with Gasteiger partial charge in [0.25, 0.3) is 0 Å². The highest BCUT2D eigenvalue weighted by Gasteiger charge is 2.54. The van der Waals surface area contributed by atoms with Crippen molar-refractivity contribution in [3.8, 4) is 40.9 Å². The van der Waals surface area contributed by atoms with Gasteiger partial charge in [0.15, 0.2) is 35.5 Å². The molecule has 46 heteroatoms. The minimum Gasteiger partial charge on any atom is -0.492 e. The minimum atomic E-state index is -2.20. The van der Waals surface area contributed by atoms with E-state index in [1.165, 1.54) is 110 Å². The first-order chi connectivity index (χ1) is 63.5. The van der Waals surface area contributed by atoms with E-state index in [0.717, 1.165) is 18.9 Å². The molecular formula is C88H119IN10O32S3. The third-order valence-electron chi connectivity index (χ3n) is 22.8. The summed E-state index contributed by atoms with van der Waals surface area (Å²) in [6.07, 6.45) is -18.9. The summed E-state index contributed by atoms with van der Waals surface area (Å²) in [5, 5.41) is 82.1. The number of nitrogens with one attached hydrogen (secondary N) is 7. The number of nitrogens with zero attached hydrogens (tertiary/aromatic N) is 2. The third-order valence-corrected chi connectivity index (χ3v) is 28.7. The molecule has 9 amide bonds. The molecule has 738 valence electrons. The average molecular weight is 2050 g/mol. The quantitative estimate of drug-likeness (QED) is 0.0150. The topological polar surface area (TPSA) is 572 Å². The Morgan fingerprint density at radius 2 is 1.44 bits per heavy atom. The number of ether oxygens (including phenoxy) is 13. The molecule has 0 spiro atoms. The van der Waals surface area contributed by atoms with Crippen molar-refractivity contribution in [3.63, 3.8) is 0 Å². The minimum absolute atomic E-state index is 0.00224. The Kier molecular flexibility index (Phi) is 40.4. The Hall–Kier alpha value is -9.00. The summed E-state index contributed by atoms with van der Waals surface area (Å²) in [6.45, 7) is 15.8. The predicted molar refractivity (Wildman–Crippen MR) is 490 cm³/mol. The molecule has 0 radical (unpaired) electrons. The number of rotatable bonds is 38. The average Bonchev–Trinajstić information content (AvgIpc) is 0.754. The number of aliphatic hydroxyl groups excluding tert-OH is 4. The van der Waals surface area contributed by atoms with E-state index >= 15 is 0 Å². The first-order valence-corrected chi connectivity index (χ1v) is 47.5. The normalized spacial score (nSPS) is 28.2. The van der Waals surface area contributed by atoms with Crippen LogP contribution in [0.4, 0.5) is 15.3 Å². The summed E-state index contributed by atoms with van der Waals surface area (Å²) >= 11 is 2.73. The Bertz CT molecular complexity index is 4790. The molecule has 0 saturated carbocycles. The number of aliphatic carboxylic acids is 1. The van der Waals surface area contributed by atoms with Gasteiger partial charge in [0.1, 0.15) is 80.1 Å². The maximum atomic E-state index is 14.7. The number of anilines is 1. The highest BCUT2D eigenvalue weighted by Crippen LogP contribution is 2.50. The predicted octanol–water partition coefficient (Wildman–Crippen LogP) is 1.95. The molecule has 5 aliphatic heterocycles. The monoisotopic (exact) mass is 2050 g/mol. The number of piperidine rings is 1. The van der Waals surface area contributed by atoms with E-state index in [-0.39, 0.29) is 133 Å². The van der Waals surface area contributed by atoms with Crippen LogP contribution in [0.5, 0.6) is 17.2 Å². The summed E-state index contributed by atoms with van der Waals surface area (Å²) in [7, 11) is 9.38. The van der Waals surface area contributed by atoms with E-state index in [9.17, 15) is 88.2 Å². The number of carboxylic acid groups (broad SMARTS) is 1. The fourth-order valence-corrected chi connectivity index (χ4v) is 19.7. The van der Waals surface area contributed by atoms with Crippen molar-refractivity contribution in [1.29, 1.82) is 0 Å². The van der Waals surface area contributed by atoms with Gasteiger partial charge in [-0.1, -0.05) is 96.0 Å². The number of primary amides is 1. The van der Waals surface area contributed by atoms with E-state index in [0.29, 0.717) is 14.7 Å². The molecule has 7 aliphatic rings. The molecule has 42 nitrogen and oxygen atoms in total. The number of alkyl carbamates (subject to hydrolysis) is 2. The molecule has 2 aliphatic carbocycles. The van der Waals surface area contributed by atoms with Crippen LogP contribution in [0.3, 0.4) is 0 Å². The number of carbonyl (C=O) groups excluding carboxylic acids is 11. The fourth-order valence-electron chi connectivity index (χ4n) is 15.7. The first kappa shape index (κ1) is 109. The number of amides is 9. The number of halogens is 1. The molecular weight excluding hydrogens is 1930 g/mol. The van der Waals surface area contributed by atoms with E-state index in [1.807, 2.05) is 43.4 Å². The van der Waals surface area contributed by atoms with Crippen LogP contribution < -0.4 is 57.3 Å². The smallest absolute Gasteiger partial charge is 0.411 e. The van der Waals surface area contributed by atoms with Crippen LogP contribution in [0, 0.1) is 40.1 Å². The number of carbonyl (C=O) groups is 12. The van der Waals surface area contributed by atoms with Gasteiger partial charge in [-0.05, 0) is 119 Å². The number of likely N-dealkylation sites (N-methyl/N-ethyl adjacent to an activating group) is 1. The van der Waals surface area contributed by atoms with Gasteiger partial charge in [-0.25, -0.2) is 9.59 Å². The van der Waals surface area contributed by atoms with Crippen molar-refractivity contribution in [2.24, 2.45) is 11.7 Å². The second-order valence-electron chi connectivity index (χ2n) is 33.5. The second kappa shape index (κ2) is 49.8. The number of hydroxylamine groups is 1. The highest BCUT2D eigenvalue weighted by molar-refractivity contribution is 14.1. The number of aliphatic hydroxyl groups is 5. The molecule has 17 unspecified atom stereocenters. The lowest BCUT2D eigenvalue weighted by Gasteiger charge is -2.48. The Morgan fingerprint density at radius 3 is 2.07 bits per heavy atom. The number of nitrogens with two attached hydrogens (primary N) is 1. The number of hydrogen-bond donors (Lipinski definition) is 14. The molecule has 2 aromatic carbocycles. The number of benzene rings is 2. The van der Waals surface area contributed by atoms with Gasteiger partial charge in [0.05, 0.1) is 110 Å². The zero-order valence-corrected chi connectivity index (χ0v) is 81.3. The molecule has 0 aromatic heterocycles. The number of methoxy groups -OCH3 is 5. The Balaban J connectivity index is 0.869.